The molecule has 150 valence electrons. The number of amides is 1. The Balaban J connectivity index is 1.50. The minimum Gasteiger partial charge on any atom is -0.493 e. The first-order valence-corrected chi connectivity index (χ1v) is 10.3. The zero-order valence-corrected chi connectivity index (χ0v) is 17.9. The van der Waals surface area contributed by atoms with Crippen LogP contribution in [0.1, 0.15) is 16.7 Å². The Morgan fingerprint density at radius 2 is 1.69 bits per heavy atom. The lowest BCUT2D eigenvalue weighted by Crippen LogP contribution is -2.27. The average Bonchev–Trinajstić information content (AvgIpc) is 2.73. The van der Waals surface area contributed by atoms with Crippen molar-refractivity contribution in [3.63, 3.8) is 0 Å². The Bertz CT molecular complexity index is 944. The lowest BCUT2D eigenvalue weighted by molar-refractivity contribution is -0.120. The van der Waals surface area contributed by atoms with Crippen molar-refractivity contribution in [3.8, 4) is 11.5 Å². The van der Waals surface area contributed by atoms with Crippen LogP contribution in [0.3, 0.4) is 0 Å². The fraction of sp³-hybridized carbons (Fsp3) is 0.208. The van der Waals surface area contributed by atoms with Gasteiger partial charge in [0.1, 0.15) is 6.61 Å². The van der Waals surface area contributed by atoms with Gasteiger partial charge < -0.3 is 14.8 Å². The molecule has 0 atom stereocenters. The van der Waals surface area contributed by atoms with Gasteiger partial charge in [-0.15, -0.1) is 0 Å². The first kappa shape index (κ1) is 20.9. The molecule has 0 saturated heterocycles. The molecular weight excluding hydrogens is 430 g/mol. The van der Waals surface area contributed by atoms with Crippen molar-refractivity contribution in [1.29, 1.82) is 0 Å². The van der Waals surface area contributed by atoms with Crippen LogP contribution in [0.5, 0.6) is 11.5 Å². The molecule has 29 heavy (non-hydrogen) atoms. The SMILES string of the molecule is COc1cc(CCNC(=O)Cc2cccc(Br)c2)ccc1OCc1ccccc1. The standard InChI is InChI=1S/C24H24BrNO3/c1-28-23-15-18(10-11-22(23)29-17-19-6-3-2-4-7-19)12-13-26-24(27)16-20-8-5-9-21(25)14-20/h2-11,14-15H,12-13,16-17H2,1H3,(H,26,27). The molecule has 0 aliphatic heterocycles. The predicted molar refractivity (Wildman–Crippen MR) is 118 cm³/mol. The maximum absolute atomic E-state index is 12.1. The Kier molecular flexibility index (Phi) is 7.70. The van der Waals surface area contributed by atoms with Crippen molar-refractivity contribution in [1.82, 2.24) is 5.32 Å². The van der Waals surface area contributed by atoms with Gasteiger partial charge in [-0.25, -0.2) is 0 Å². The van der Waals surface area contributed by atoms with E-state index in [2.05, 4.69) is 21.2 Å². The van der Waals surface area contributed by atoms with Crippen molar-refractivity contribution in [3.05, 3.63) is 94.0 Å². The summed E-state index contributed by atoms with van der Waals surface area (Å²) in [5.74, 6) is 1.41. The van der Waals surface area contributed by atoms with Crippen LogP contribution in [0.4, 0.5) is 0 Å². The number of methoxy groups -OCH3 is 1. The summed E-state index contributed by atoms with van der Waals surface area (Å²) in [5.41, 5.74) is 3.17. The molecule has 0 bridgehead atoms. The van der Waals surface area contributed by atoms with Crippen LogP contribution in [0.2, 0.25) is 0 Å². The number of hydrogen-bond acceptors (Lipinski definition) is 3. The summed E-state index contributed by atoms with van der Waals surface area (Å²) >= 11 is 3.43. The first-order chi connectivity index (χ1) is 14.1. The van der Waals surface area contributed by atoms with E-state index in [1.54, 1.807) is 7.11 Å². The number of carbonyl (C=O) groups is 1. The molecule has 0 radical (unpaired) electrons. The van der Waals surface area contributed by atoms with E-state index < -0.39 is 0 Å². The number of ether oxygens (including phenoxy) is 2. The molecular formula is C24H24BrNO3. The van der Waals surface area contributed by atoms with E-state index in [1.165, 1.54) is 0 Å². The van der Waals surface area contributed by atoms with Crippen molar-refractivity contribution in [2.24, 2.45) is 0 Å². The lowest BCUT2D eigenvalue weighted by Gasteiger charge is -2.13. The number of benzene rings is 3. The molecule has 0 spiro atoms. The third-order valence-corrected chi connectivity index (χ3v) is 4.95. The highest BCUT2D eigenvalue weighted by atomic mass is 79.9. The largest absolute Gasteiger partial charge is 0.493 e. The summed E-state index contributed by atoms with van der Waals surface area (Å²) in [5, 5.41) is 2.97. The van der Waals surface area contributed by atoms with Gasteiger partial charge in [0.15, 0.2) is 11.5 Å². The minimum atomic E-state index is 0.0119. The van der Waals surface area contributed by atoms with Crippen LogP contribution in [-0.4, -0.2) is 19.6 Å². The molecule has 0 unspecified atom stereocenters. The Morgan fingerprint density at radius 1 is 0.897 bits per heavy atom. The highest BCUT2D eigenvalue weighted by Gasteiger charge is 2.08. The zero-order valence-electron chi connectivity index (χ0n) is 16.4. The number of halogens is 1. The van der Waals surface area contributed by atoms with Gasteiger partial charge in [0, 0.05) is 11.0 Å². The summed E-state index contributed by atoms with van der Waals surface area (Å²) < 4.78 is 12.3. The summed E-state index contributed by atoms with van der Waals surface area (Å²) in [7, 11) is 1.63. The van der Waals surface area contributed by atoms with Crippen molar-refractivity contribution in [2.75, 3.05) is 13.7 Å². The molecule has 0 aliphatic rings. The average molecular weight is 454 g/mol. The van der Waals surface area contributed by atoms with E-state index in [0.29, 0.717) is 31.1 Å². The third-order valence-electron chi connectivity index (χ3n) is 4.45. The maximum Gasteiger partial charge on any atom is 0.224 e. The van der Waals surface area contributed by atoms with Crippen LogP contribution in [-0.2, 0) is 24.2 Å². The van der Waals surface area contributed by atoms with Gasteiger partial charge in [-0.1, -0.05) is 64.5 Å². The normalized spacial score (nSPS) is 10.4. The molecule has 4 nitrogen and oxygen atoms in total. The number of carbonyl (C=O) groups excluding carboxylic acids is 1. The second kappa shape index (κ2) is 10.7. The van der Waals surface area contributed by atoms with Crippen molar-refractivity contribution in [2.45, 2.75) is 19.4 Å². The Morgan fingerprint density at radius 3 is 2.45 bits per heavy atom. The topological polar surface area (TPSA) is 47.6 Å². The second-order valence-corrected chi connectivity index (χ2v) is 7.58. The second-order valence-electron chi connectivity index (χ2n) is 6.67. The molecule has 1 N–H and O–H groups in total. The van der Waals surface area contributed by atoms with Gasteiger partial charge in [0.05, 0.1) is 13.5 Å². The van der Waals surface area contributed by atoms with Gasteiger partial charge in [-0.05, 0) is 47.4 Å². The van der Waals surface area contributed by atoms with E-state index >= 15 is 0 Å². The maximum atomic E-state index is 12.1. The highest BCUT2D eigenvalue weighted by molar-refractivity contribution is 9.10. The quantitative estimate of drug-likeness (QED) is 0.499. The number of nitrogens with one attached hydrogen (secondary N) is 1. The third kappa shape index (κ3) is 6.64. The van der Waals surface area contributed by atoms with Crippen LogP contribution >= 0.6 is 15.9 Å². The molecule has 1 amide bonds. The lowest BCUT2D eigenvalue weighted by atomic mass is 10.1. The van der Waals surface area contributed by atoms with Crippen LogP contribution in [0.15, 0.2) is 77.3 Å². The minimum absolute atomic E-state index is 0.0119. The van der Waals surface area contributed by atoms with Gasteiger partial charge in [-0.2, -0.15) is 0 Å². The molecule has 0 fully saturated rings. The monoisotopic (exact) mass is 453 g/mol. The van der Waals surface area contributed by atoms with E-state index in [4.69, 9.17) is 9.47 Å². The molecule has 0 aromatic heterocycles. The van der Waals surface area contributed by atoms with Gasteiger partial charge in [-0.3, -0.25) is 4.79 Å². The summed E-state index contributed by atoms with van der Waals surface area (Å²) in [6, 6.07) is 23.7. The molecule has 0 heterocycles. The summed E-state index contributed by atoms with van der Waals surface area (Å²) in [6.07, 6.45) is 1.09. The Hall–Kier alpha value is -2.79. The molecule has 5 heteroatoms. The smallest absolute Gasteiger partial charge is 0.224 e. The highest BCUT2D eigenvalue weighted by Crippen LogP contribution is 2.29. The van der Waals surface area contributed by atoms with Crippen molar-refractivity contribution >= 4 is 21.8 Å². The van der Waals surface area contributed by atoms with Gasteiger partial charge in [0.2, 0.25) is 5.91 Å². The summed E-state index contributed by atoms with van der Waals surface area (Å²) in [6.45, 7) is 1.06. The zero-order chi connectivity index (χ0) is 20.5. The van der Waals surface area contributed by atoms with Crippen LogP contribution in [0.25, 0.3) is 0 Å². The van der Waals surface area contributed by atoms with E-state index in [0.717, 1.165) is 27.6 Å². The molecule has 0 aliphatic carbocycles. The number of rotatable bonds is 9. The molecule has 3 aromatic carbocycles. The molecule has 3 aromatic rings. The summed E-state index contributed by atoms with van der Waals surface area (Å²) in [4.78, 5) is 12.1. The van der Waals surface area contributed by atoms with Gasteiger partial charge >= 0.3 is 0 Å². The van der Waals surface area contributed by atoms with E-state index in [-0.39, 0.29) is 5.91 Å². The van der Waals surface area contributed by atoms with Crippen LogP contribution in [0, 0.1) is 0 Å². The molecule has 0 saturated carbocycles. The van der Waals surface area contributed by atoms with Gasteiger partial charge in [0.25, 0.3) is 0 Å². The van der Waals surface area contributed by atoms with Crippen LogP contribution < -0.4 is 14.8 Å². The van der Waals surface area contributed by atoms with Crippen molar-refractivity contribution < 1.29 is 14.3 Å². The fourth-order valence-corrected chi connectivity index (χ4v) is 3.41. The first-order valence-electron chi connectivity index (χ1n) is 9.49. The number of hydrogen-bond donors (Lipinski definition) is 1. The Labute approximate surface area is 180 Å². The molecule has 3 rings (SSSR count). The fourth-order valence-electron chi connectivity index (χ4n) is 2.96. The van der Waals surface area contributed by atoms with E-state index in [1.807, 2.05) is 72.8 Å². The predicted octanol–water partition coefficient (Wildman–Crippen LogP) is 4.94. The van der Waals surface area contributed by atoms with E-state index in [9.17, 15) is 4.79 Å².